The largest absolute Gasteiger partial charge is 0.462 e. The summed E-state index contributed by atoms with van der Waals surface area (Å²) in [5, 5.41) is 0. The number of ether oxygens (including phenoxy) is 1. The lowest BCUT2D eigenvalue weighted by atomic mass is 10.1. The average Bonchev–Trinajstić information content (AvgIpc) is 2.29. The standard InChI is InChI=1S/C14H29NO2/c1-3-9-13(10-4-2)17-14(16)11-7-5-6-8-12-15/h13H,3-12,15H2,1-2H3. The van der Waals surface area contributed by atoms with Gasteiger partial charge < -0.3 is 10.5 Å². The maximum absolute atomic E-state index is 11.6. The van der Waals surface area contributed by atoms with Crippen LogP contribution < -0.4 is 5.73 Å². The Hall–Kier alpha value is -0.570. The zero-order chi connectivity index (χ0) is 12.9. The highest BCUT2D eigenvalue weighted by molar-refractivity contribution is 5.69. The van der Waals surface area contributed by atoms with Crippen molar-refractivity contribution >= 4 is 5.97 Å². The Kier molecular flexibility index (Phi) is 11.5. The number of nitrogens with two attached hydrogens (primary N) is 1. The van der Waals surface area contributed by atoms with Crippen LogP contribution in [0.25, 0.3) is 0 Å². The second-order valence-electron chi connectivity index (χ2n) is 4.64. The van der Waals surface area contributed by atoms with Crippen LogP contribution in [0.4, 0.5) is 0 Å². The van der Waals surface area contributed by atoms with E-state index in [4.69, 9.17) is 10.5 Å². The molecule has 3 nitrogen and oxygen atoms in total. The molecule has 0 atom stereocenters. The lowest BCUT2D eigenvalue weighted by molar-refractivity contribution is -0.149. The van der Waals surface area contributed by atoms with Crippen molar-refractivity contribution in [1.29, 1.82) is 0 Å². The lowest BCUT2D eigenvalue weighted by Gasteiger charge is -2.16. The van der Waals surface area contributed by atoms with E-state index in [9.17, 15) is 4.79 Å². The second-order valence-corrected chi connectivity index (χ2v) is 4.64. The predicted molar refractivity (Wildman–Crippen MR) is 71.8 cm³/mol. The van der Waals surface area contributed by atoms with Gasteiger partial charge >= 0.3 is 5.97 Å². The topological polar surface area (TPSA) is 52.3 Å². The summed E-state index contributed by atoms with van der Waals surface area (Å²) in [6.07, 6.45) is 9.04. The average molecular weight is 243 g/mol. The van der Waals surface area contributed by atoms with Crippen molar-refractivity contribution in [3.63, 3.8) is 0 Å². The van der Waals surface area contributed by atoms with Gasteiger partial charge in [-0.2, -0.15) is 0 Å². The van der Waals surface area contributed by atoms with E-state index in [1.165, 1.54) is 0 Å². The van der Waals surface area contributed by atoms with Gasteiger partial charge in [-0.15, -0.1) is 0 Å². The van der Waals surface area contributed by atoms with E-state index in [1.807, 2.05) is 0 Å². The molecule has 102 valence electrons. The highest BCUT2D eigenvalue weighted by atomic mass is 16.5. The molecule has 0 saturated carbocycles. The minimum absolute atomic E-state index is 0.0235. The lowest BCUT2D eigenvalue weighted by Crippen LogP contribution is -2.17. The fourth-order valence-corrected chi connectivity index (χ4v) is 1.92. The van der Waals surface area contributed by atoms with Crippen LogP contribution in [0.15, 0.2) is 0 Å². The first kappa shape index (κ1) is 16.4. The third kappa shape index (κ3) is 10.3. The minimum atomic E-state index is -0.0235. The van der Waals surface area contributed by atoms with Crippen LogP contribution in [0.5, 0.6) is 0 Å². The fraction of sp³-hybridized carbons (Fsp3) is 0.929. The normalized spacial score (nSPS) is 10.8. The first-order valence-electron chi connectivity index (χ1n) is 7.14. The maximum atomic E-state index is 11.6. The third-order valence-corrected chi connectivity index (χ3v) is 2.85. The molecule has 0 aromatic rings. The van der Waals surface area contributed by atoms with Gasteiger partial charge in [-0.1, -0.05) is 39.5 Å². The van der Waals surface area contributed by atoms with Gasteiger partial charge in [0.05, 0.1) is 0 Å². The smallest absolute Gasteiger partial charge is 0.306 e. The van der Waals surface area contributed by atoms with Gasteiger partial charge in [-0.25, -0.2) is 0 Å². The Morgan fingerprint density at radius 2 is 1.65 bits per heavy atom. The molecule has 17 heavy (non-hydrogen) atoms. The van der Waals surface area contributed by atoms with Crippen LogP contribution >= 0.6 is 0 Å². The van der Waals surface area contributed by atoms with Crippen LogP contribution in [-0.2, 0) is 9.53 Å². The number of carbonyl (C=O) groups is 1. The highest BCUT2D eigenvalue weighted by Gasteiger charge is 2.12. The molecule has 0 unspecified atom stereocenters. The van der Waals surface area contributed by atoms with E-state index < -0.39 is 0 Å². The minimum Gasteiger partial charge on any atom is -0.462 e. The summed E-state index contributed by atoms with van der Waals surface area (Å²) in [4.78, 5) is 11.6. The summed E-state index contributed by atoms with van der Waals surface area (Å²) >= 11 is 0. The summed E-state index contributed by atoms with van der Waals surface area (Å²) in [7, 11) is 0. The second kappa shape index (κ2) is 11.9. The number of rotatable bonds is 11. The number of carbonyl (C=O) groups excluding carboxylic acids is 1. The van der Waals surface area contributed by atoms with E-state index in [0.29, 0.717) is 6.42 Å². The zero-order valence-corrected chi connectivity index (χ0v) is 11.5. The Morgan fingerprint density at radius 1 is 1.06 bits per heavy atom. The summed E-state index contributed by atoms with van der Waals surface area (Å²) in [6, 6.07) is 0. The Bertz CT molecular complexity index is 177. The summed E-state index contributed by atoms with van der Waals surface area (Å²) in [5.74, 6) is -0.0235. The first-order chi connectivity index (χ1) is 8.24. The number of hydrogen-bond donors (Lipinski definition) is 1. The molecule has 0 aromatic carbocycles. The molecule has 0 aliphatic carbocycles. The zero-order valence-electron chi connectivity index (χ0n) is 11.5. The highest BCUT2D eigenvalue weighted by Crippen LogP contribution is 2.12. The van der Waals surface area contributed by atoms with Gasteiger partial charge in [-0.05, 0) is 32.2 Å². The Labute approximate surface area is 106 Å². The van der Waals surface area contributed by atoms with Crippen LogP contribution in [0, 0.1) is 0 Å². The molecule has 0 fully saturated rings. The molecule has 0 radical (unpaired) electrons. The maximum Gasteiger partial charge on any atom is 0.306 e. The van der Waals surface area contributed by atoms with Crippen molar-refractivity contribution in [3.05, 3.63) is 0 Å². The summed E-state index contributed by atoms with van der Waals surface area (Å²) in [5.41, 5.74) is 5.41. The summed E-state index contributed by atoms with van der Waals surface area (Å²) < 4.78 is 5.47. The van der Waals surface area contributed by atoms with E-state index in [0.717, 1.165) is 57.9 Å². The van der Waals surface area contributed by atoms with E-state index in [-0.39, 0.29) is 12.1 Å². The van der Waals surface area contributed by atoms with Crippen LogP contribution in [0.3, 0.4) is 0 Å². The van der Waals surface area contributed by atoms with E-state index in [1.54, 1.807) is 0 Å². The van der Waals surface area contributed by atoms with Gasteiger partial charge in [0, 0.05) is 6.42 Å². The van der Waals surface area contributed by atoms with Gasteiger partial charge in [-0.3, -0.25) is 4.79 Å². The number of unbranched alkanes of at least 4 members (excludes halogenated alkanes) is 3. The monoisotopic (exact) mass is 243 g/mol. The predicted octanol–water partition coefficient (Wildman–Crippen LogP) is 3.41. The van der Waals surface area contributed by atoms with Gasteiger partial charge in [0.15, 0.2) is 0 Å². The van der Waals surface area contributed by atoms with Crippen molar-refractivity contribution in [2.24, 2.45) is 5.73 Å². The molecule has 3 heteroatoms. The SMILES string of the molecule is CCCC(CCC)OC(=O)CCCCCCN. The van der Waals surface area contributed by atoms with Crippen molar-refractivity contribution in [2.75, 3.05) is 6.54 Å². The van der Waals surface area contributed by atoms with E-state index in [2.05, 4.69) is 13.8 Å². The molecule has 0 aliphatic rings. The molecule has 0 aliphatic heterocycles. The van der Waals surface area contributed by atoms with Crippen molar-refractivity contribution in [3.8, 4) is 0 Å². The van der Waals surface area contributed by atoms with Crippen molar-refractivity contribution in [1.82, 2.24) is 0 Å². The molecule has 2 N–H and O–H groups in total. The third-order valence-electron chi connectivity index (χ3n) is 2.85. The molecular formula is C14H29NO2. The fourth-order valence-electron chi connectivity index (χ4n) is 1.92. The van der Waals surface area contributed by atoms with Crippen LogP contribution in [-0.4, -0.2) is 18.6 Å². The Balaban J connectivity index is 3.59. The molecule has 0 bridgehead atoms. The molecule has 0 spiro atoms. The van der Waals surface area contributed by atoms with Crippen LogP contribution in [0.1, 0.15) is 71.6 Å². The number of hydrogen-bond acceptors (Lipinski definition) is 3. The Morgan fingerprint density at radius 3 is 2.18 bits per heavy atom. The van der Waals surface area contributed by atoms with Crippen LogP contribution in [0.2, 0.25) is 0 Å². The first-order valence-corrected chi connectivity index (χ1v) is 7.14. The molecule has 0 saturated heterocycles. The quantitative estimate of drug-likeness (QED) is 0.447. The molecule has 0 amide bonds. The molecule has 0 aromatic heterocycles. The van der Waals surface area contributed by atoms with Crippen molar-refractivity contribution < 1.29 is 9.53 Å². The van der Waals surface area contributed by atoms with Crippen molar-refractivity contribution in [2.45, 2.75) is 77.7 Å². The molecular weight excluding hydrogens is 214 g/mol. The van der Waals surface area contributed by atoms with Gasteiger partial charge in [0.1, 0.15) is 6.10 Å². The molecule has 0 heterocycles. The summed E-state index contributed by atoms with van der Waals surface area (Å²) in [6.45, 7) is 5.01. The number of esters is 1. The molecule has 0 rings (SSSR count). The van der Waals surface area contributed by atoms with Gasteiger partial charge in [0.2, 0.25) is 0 Å². The van der Waals surface area contributed by atoms with E-state index >= 15 is 0 Å². The van der Waals surface area contributed by atoms with Gasteiger partial charge in [0.25, 0.3) is 0 Å².